The van der Waals surface area contributed by atoms with E-state index in [1.54, 1.807) is 7.05 Å². The van der Waals surface area contributed by atoms with Crippen LogP contribution >= 0.6 is 0 Å². The molecule has 0 radical (unpaired) electrons. The number of aromatic nitrogens is 2. The van der Waals surface area contributed by atoms with E-state index in [4.69, 9.17) is 0 Å². The monoisotopic (exact) mass is 311 g/mol. The third-order valence-electron chi connectivity index (χ3n) is 3.58. The van der Waals surface area contributed by atoms with Crippen molar-refractivity contribution < 1.29 is 0 Å². The number of unbranched alkanes of at least 4 members (excludes halogenated alkanes) is 1. The van der Waals surface area contributed by atoms with Crippen molar-refractivity contribution in [1.29, 1.82) is 0 Å². The molecule has 0 amide bonds. The van der Waals surface area contributed by atoms with E-state index in [2.05, 4.69) is 26.9 Å². The Balaban J connectivity index is 1.90. The predicted octanol–water partition coefficient (Wildman–Crippen LogP) is 2.85. The molecule has 1 heterocycles. The number of aliphatic imine (C=N–C) groups is 1. The van der Waals surface area contributed by atoms with Crippen LogP contribution in [0.2, 0.25) is 0 Å². The number of para-hydroxylation sites is 1. The Labute approximate surface area is 138 Å². The molecule has 0 saturated heterocycles. The zero-order chi connectivity index (χ0) is 16.5. The summed E-state index contributed by atoms with van der Waals surface area (Å²) in [6.45, 7) is 5.41. The number of nitrogens with one attached hydrogen (secondary N) is 1. The molecule has 2 aromatic rings. The van der Waals surface area contributed by atoms with Gasteiger partial charge in [0.15, 0.2) is 5.96 Å². The van der Waals surface area contributed by atoms with Gasteiger partial charge in [-0.25, -0.2) is 4.68 Å². The summed E-state index contributed by atoms with van der Waals surface area (Å²) in [5.41, 5.74) is 2.18. The van der Waals surface area contributed by atoms with Gasteiger partial charge in [-0.3, -0.25) is 4.99 Å². The van der Waals surface area contributed by atoms with Crippen LogP contribution in [0.15, 0.2) is 60.4 Å². The quantitative estimate of drug-likeness (QED) is 0.370. The maximum absolute atomic E-state index is 4.41. The number of allylic oxidation sites excluding steroid dienone is 1. The largest absolute Gasteiger partial charge is 0.352 e. The maximum atomic E-state index is 4.41. The summed E-state index contributed by atoms with van der Waals surface area (Å²) in [5.74, 6) is 0.890. The average Bonchev–Trinajstić information content (AvgIpc) is 3.05. The average molecular weight is 311 g/mol. The highest BCUT2D eigenvalue weighted by Crippen LogP contribution is 2.07. The van der Waals surface area contributed by atoms with E-state index < -0.39 is 0 Å². The van der Waals surface area contributed by atoms with Crippen LogP contribution < -0.4 is 5.32 Å². The number of rotatable bonds is 7. The fraction of sp³-hybridized carbons (Fsp3) is 0.333. The molecular formula is C18H25N5. The maximum Gasteiger partial charge on any atom is 0.193 e. The van der Waals surface area contributed by atoms with Gasteiger partial charge in [0.2, 0.25) is 0 Å². The molecule has 122 valence electrons. The minimum Gasteiger partial charge on any atom is -0.352 e. The zero-order valence-corrected chi connectivity index (χ0v) is 13.9. The van der Waals surface area contributed by atoms with Crippen LogP contribution in [-0.4, -0.2) is 41.3 Å². The van der Waals surface area contributed by atoms with E-state index in [1.165, 1.54) is 0 Å². The highest BCUT2D eigenvalue weighted by atomic mass is 15.3. The molecule has 1 aromatic carbocycles. The lowest BCUT2D eigenvalue weighted by Crippen LogP contribution is -2.38. The van der Waals surface area contributed by atoms with Gasteiger partial charge in [-0.1, -0.05) is 24.3 Å². The van der Waals surface area contributed by atoms with Gasteiger partial charge in [0, 0.05) is 38.9 Å². The van der Waals surface area contributed by atoms with Crippen LogP contribution in [0.3, 0.4) is 0 Å². The van der Waals surface area contributed by atoms with Crippen LogP contribution in [0.25, 0.3) is 5.69 Å². The van der Waals surface area contributed by atoms with Crippen molar-refractivity contribution in [2.24, 2.45) is 4.99 Å². The van der Waals surface area contributed by atoms with Crippen molar-refractivity contribution in [3.63, 3.8) is 0 Å². The molecule has 5 heteroatoms. The van der Waals surface area contributed by atoms with E-state index >= 15 is 0 Å². The first-order valence-corrected chi connectivity index (χ1v) is 7.86. The van der Waals surface area contributed by atoms with Crippen molar-refractivity contribution in [3.05, 3.63) is 60.9 Å². The molecule has 0 aliphatic rings. The van der Waals surface area contributed by atoms with Crippen molar-refractivity contribution in [3.8, 4) is 5.69 Å². The van der Waals surface area contributed by atoms with E-state index in [-0.39, 0.29) is 0 Å². The summed E-state index contributed by atoms with van der Waals surface area (Å²) in [6.07, 6.45) is 7.96. The fourth-order valence-electron chi connectivity index (χ4n) is 2.32. The Kier molecular flexibility index (Phi) is 6.41. The highest BCUT2D eigenvalue weighted by Gasteiger charge is 2.06. The zero-order valence-electron chi connectivity index (χ0n) is 13.9. The molecular weight excluding hydrogens is 286 g/mol. The van der Waals surface area contributed by atoms with Gasteiger partial charge in [-0.15, -0.1) is 6.58 Å². The Morgan fingerprint density at radius 2 is 2.17 bits per heavy atom. The molecule has 1 aromatic heterocycles. The molecule has 0 bridgehead atoms. The van der Waals surface area contributed by atoms with Gasteiger partial charge in [0.25, 0.3) is 0 Å². The summed E-state index contributed by atoms with van der Waals surface area (Å²) in [5, 5.41) is 7.78. The Hall–Kier alpha value is -2.56. The topological polar surface area (TPSA) is 45.4 Å². The number of hydrogen-bond donors (Lipinski definition) is 1. The minimum absolute atomic E-state index is 0.700. The number of guanidine groups is 1. The fourth-order valence-corrected chi connectivity index (χ4v) is 2.32. The SMILES string of the molecule is C=CCCCN(C)C(=NC)NCc1cnn(-c2ccccc2)c1. The molecule has 0 fully saturated rings. The molecule has 5 nitrogen and oxygen atoms in total. The molecule has 1 N–H and O–H groups in total. The molecule has 0 atom stereocenters. The first kappa shape index (κ1) is 16.8. The van der Waals surface area contributed by atoms with Gasteiger partial charge in [-0.05, 0) is 25.0 Å². The Morgan fingerprint density at radius 3 is 2.87 bits per heavy atom. The molecule has 0 aliphatic heterocycles. The third-order valence-corrected chi connectivity index (χ3v) is 3.58. The first-order chi connectivity index (χ1) is 11.2. The molecule has 23 heavy (non-hydrogen) atoms. The lowest BCUT2D eigenvalue weighted by Gasteiger charge is -2.21. The van der Waals surface area contributed by atoms with Crippen LogP contribution in [0.5, 0.6) is 0 Å². The second-order valence-electron chi connectivity index (χ2n) is 5.38. The van der Waals surface area contributed by atoms with Gasteiger partial charge >= 0.3 is 0 Å². The summed E-state index contributed by atoms with van der Waals surface area (Å²) in [7, 11) is 3.85. The summed E-state index contributed by atoms with van der Waals surface area (Å²) in [6, 6.07) is 10.1. The second kappa shape index (κ2) is 8.78. The Morgan fingerprint density at radius 1 is 1.39 bits per heavy atom. The van der Waals surface area contributed by atoms with Gasteiger partial charge < -0.3 is 10.2 Å². The highest BCUT2D eigenvalue weighted by molar-refractivity contribution is 5.79. The van der Waals surface area contributed by atoms with E-state index in [9.17, 15) is 0 Å². The van der Waals surface area contributed by atoms with Gasteiger partial charge in [0.05, 0.1) is 11.9 Å². The van der Waals surface area contributed by atoms with Crippen LogP contribution in [0, 0.1) is 0 Å². The predicted molar refractivity (Wildman–Crippen MR) is 95.8 cm³/mol. The third kappa shape index (κ3) is 4.98. The Bertz CT molecular complexity index is 630. The van der Waals surface area contributed by atoms with E-state index in [1.807, 2.05) is 60.5 Å². The second-order valence-corrected chi connectivity index (χ2v) is 5.38. The van der Waals surface area contributed by atoms with Crippen molar-refractivity contribution >= 4 is 5.96 Å². The summed E-state index contributed by atoms with van der Waals surface area (Å²) < 4.78 is 1.88. The minimum atomic E-state index is 0.700. The lowest BCUT2D eigenvalue weighted by molar-refractivity contribution is 0.470. The molecule has 2 rings (SSSR count). The number of benzene rings is 1. The number of nitrogens with zero attached hydrogens (tertiary/aromatic N) is 4. The molecule has 0 unspecified atom stereocenters. The normalized spacial score (nSPS) is 11.3. The summed E-state index contributed by atoms with van der Waals surface area (Å²) >= 11 is 0. The molecule has 0 saturated carbocycles. The van der Waals surface area contributed by atoms with Crippen LogP contribution in [-0.2, 0) is 6.54 Å². The summed E-state index contributed by atoms with van der Waals surface area (Å²) in [4.78, 5) is 6.46. The van der Waals surface area contributed by atoms with Gasteiger partial charge in [-0.2, -0.15) is 5.10 Å². The van der Waals surface area contributed by atoms with Crippen molar-refractivity contribution in [2.45, 2.75) is 19.4 Å². The lowest BCUT2D eigenvalue weighted by atomic mass is 10.3. The molecule has 0 spiro atoms. The standard InChI is InChI=1S/C18H25N5/c1-4-5-9-12-22(3)18(19-2)20-13-16-14-21-23(15-16)17-10-7-6-8-11-17/h4,6-8,10-11,14-15H,1,5,9,12-13H2,2-3H3,(H,19,20). The van der Waals surface area contributed by atoms with Crippen LogP contribution in [0.4, 0.5) is 0 Å². The van der Waals surface area contributed by atoms with Crippen molar-refractivity contribution in [1.82, 2.24) is 20.0 Å². The smallest absolute Gasteiger partial charge is 0.193 e. The van der Waals surface area contributed by atoms with E-state index in [0.717, 1.165) is 36.6 Å². The first-order valence-electron chi connectivity index (χ1n) is 7.86. The molecule has 0 aliphatic carbocycles. The number of hydrogen-bond acceptors (Lipinski definition) is 2. The van der Waals surface area contributed by atoms with E-state index in [0.29, 0.717) is 6.54 Å². The van der Waals surface area contributed by atoms with Crippen molar-refractivity contribution in [2.75, 3.05) is 20.6 Å². The van der Waals surface area contributed by atoms with Crippen LogP contribution in [0.1, 0.15) is 18.4 Å². The van der Waals surface area contributed by atoms with Gasteiger partial charge in [0.1, 0.15) is 0 Å².